The average Bonchev–Trinajstić information content (AvgIpc) is 2.33. The Labute approximate surface area is 120 Å². The Bertz CT molecular complexity index is 471. The fourth-order valence-electron chi connectivity index (χ4n) is 1.92. The number of aryl methyl sites for hydroxylation is 1. The highest BCUT2D eigenvalue weighted by Gasteiger charge is 2.30. The van der Waals surface area contributed by atoms with Gasteiger partial charge in [0.05, 0.1) is 6.04 Å². The molecule has 0 saturated carbocycles. The summed E-state index contributed by atoms with van der Waals surface area (Å²) in [6.07, 6.45) is -0.569. The number of benzene rings is 1. The summed E-state index contributed by atoms with van der Waals surface area (Å²) >= 11 is 0. The van der Waals surface area contributed by atoms with Crippen molar-refractivity contribution in [3.05, 3.63) is 35.4 Å². The summed E-state index contributed by atoms with van der Waals surface area (Å²) in [4.78, 5) is 23.3. The highest BCUT2D eigenvalue weighted by atomic mass is 16.5. The zero-order valence-corrected chi connectivity index (χ0v) is 12.8. The van der Waals surface area contributed by atoms with Crippen LogP contribution >= 0.6 is 0 Å². The Morgan fingerprint density at radius 2 is 1.75 bits per heavy atom. The Kier molecular flexibility index (Phi) is 5.31. The lowest BCUT2D eigenvalue weighted by atomic mass is 9.85. The molecular weight excluding hydrogens is 254 g/mol. The standard InChI is InChI=1S/C16H23NO3/c1-11-6-8-13(9-7-11)10-20-15(19)17-14(12(2)18)16(3,4)5/h6-9,14H,10H2,1-5H3,(H,17,19). The van der Waals surface area contributed by atoms with Crippen LogP contribution in [0.4, 0.5) is 4.79 Å². The number of ether oxygens (including phenoxy) is 1. The molecule has 0 aliphatic carbocycles. The topological polar surface area (TPSA) is 55.4 Å². The molecule has 1 amide bonds. The van der Waals surface area contributed by atoms with Gasteiger partial charge >= 0.3 is 6.09 Å². The normalized spacial score (nSPS) is 12.7. The number of rotatable bonds is 4. The molecule has 1 rings (SSSR count). The molecule has 0 bridgehead atoms. The molecule has 4 nitrogen and oxygen atoms in total. The maximum Gasteiger partial charge on any atom is 0.408 e. The minimum absolute atomic E-state index is 0.0789. The van der Waals surface area contributed by atoms with Gasteiger partial charge in [0.1, 0.15) is 6.61 Å². The van der Waals surface area contributed by atoms with Crippen molar-refractivity contribution in [2.45, 2.75) is 47.3 Å². The Hall–Kier alpha value is -1.84. The van der Waals surface area contributed by atoms with Gasteiger partial charge in [-0.15, -0.1) is 0 Å². The molecule has 1 atom stereocenters. The van der Waals surface area contributed by atoms with E-state index in [-0.39, 0.29) is 17.8 Å². The molecule has 4 heteroatoms. The maximum atomic E-state index is 11.8. The summed E-state index contributed by atoms with van der Waals surface area (Å²) in [7, 11) is 0. The van der Waals surface area contributed by atoms with Crippen molar-refractivity contribution in [1.29, 1.82) is 0 Å². The third-order valence-corrected chi connectivity index (χ3v) is 3.03. The van der Waals surface area contributed by atoms with Crippen molar-refractivity contribution < 1.29 is 14.3 Å². The number of alkyl carbamates (subject to hydrolysis) is 1. The molecule has 0 heterocycles. The number of Topliss-reactive ketones (excluding diaryl/α,β-unsaturated/α-hetero) is 1. The predicted octanol–water partition coefficient (Wildman–Crippen LogP) is 3.22. The lowest BCUT2D eigenvalue weighted by Gasteiger charge is -2.28. The van der Waals surface area contributed by atoms with Gasteiger partial charge in [0.15, 0.2) is 5.78 Å². The largest absolute Gasteiger partial charge is 0.445 e. The molecule has 0 aliphatic heterocycles. The van der Waals surface area contributed by atoms with E-state index in [9.17, 15) is 9.59 Å². The summed E-state index contributed by atoms with van der Waals surface area (Å²) in [5.41, 5.74) is 1.73. The zero-order valence-electron chi connectivity index (χ0n) is 12.8. The first-order chi connectivity index (χ1) is 9.20. The molecule has 0 fully saturated rings. The van der Waals surface area contributed by atoms with E-state index in [0.717, 1.165) is 11.1 Å². The van der Waals surface area contributed by atoms with Gasteiger partial charge in [0, 0.05) is 0 Å². The van der Waals surface area contributed by atoms with Gasteiger partial charge in [-0.1, -0.05) is 50.6 Å². The molecule has 1 aromatic rings. The second kappa shape index (κ2) is 6.55. The average molecular weight is 277 g/mol. The Morgan fingerprint density at radius 3 is 2.20 bits per heavy atom. The van der Waals surface area contributed by atoms with E-state index in [1.54, 1.807) is 0 Å². The first kappa shape index (κ1) is 16.2. The number of carbonyl (C=O) groups excluding carboxylic acids is 2. The van der Waals surface area contributed by atoms with Crippen molar-refractivity contribution in [3.8, 4) is 0 Å². The van der Waals surface area contributed by atoms with Gasteiger partial charge in [0.25, 0.3) is 0 Å². The van der Waals surface area contributed by atoms with E-state index in [1.807, 2.05) is 52.0 Å². The van der Waals surface area contributed by atoms with Crippen LogP contribution in [0.1, 0.15) is 38.8 Å². The summed E-state index contributed by atoms with van der Waals surface area (Å²) < 4.78 is 5.14. The minimum atomic E-state index is -0.569. The van der Waals surface area contributed by atoms with Gasteiger partial charge in [-0.3, -0.25) is 4.79 Å². The quantitative estimate of drug-likeness (QED) is 0.919. The third-order valence-electron chi connectivity index (χ3n) is 3.03. The van der Waals surface area contributed by atoms with E-state index in [4.69, 9.17) is 4.74 Å². The molecule has 20 heavy (non-hydrogen) atoms. The fraction of sp³-hybridized carbons (Fsp3) is 0.500. The molecule has 0 aromatic heterocycles. The smallest absolute Gasteiger partial charge is 0.408 e. The van der Waals surface area contributed by atoms with Crippen LogP contribution in [-0.4, -0.2) is 17.9 Å². The zero-order chi connectivity index (χ0) is 15.3. The second-order valence-corrected chi connectivity index (χ2v) is 6.12. The third kappa shape index (κ3) is 5.03. The van der Waals surface area contributed by atoms with Crippen LogP contribution in [0.5, 0.6) is 0 Å². The van der Waals surface area contributed by atoms with Crippen LogP contribution in [0.3, 0.4) is 0 Å². The first-order valence-corrected chi connectivity index (χ1v) is 6.69. The SMILES string of the molecule is CC(=O)C(NC(=O)OCc1ccc(C)cc1)C(C)(C)C. The maximum absolute atomic E-state index is 11.8. The Morgan fingerprint density at radius 1 is 1.20 bits per heavy atom. The number of ketones is 1. The van der Waals surface area contributed by atoms with Crippen LogP contribution in [-0.2, 0) is 16.1 Å². The fourth-order valence-corrected chi connectivity index (χ4v) is 1.92. The highest BCUT2D eigenvalue weighted by molar-refractivity contribution is 5.86. The van der Waals surface area contributed by atoms with E-state index in [2.05, 4.69) is 5.32 Å². The Balaban J connectivity index is 2.54. The summed E-state index contributed by atoms with van der Waals surface area (Å²) in [5.74, 6) is -0.0789. The van der Waals surface area contributed by atoms with Gasteiger partial charge in [0.2, 0.25) is 0 Å². The van der Waals surface area contributed by atoms with Crippen molar-refractivity contribution in [3.63, 3.8) is 0 Å². The molecule has 1 aromatic carbocycles. The van der Waals surface area contributed by atoms with Crippen molar-refractivity contribution >= 4 is 11.9 Å². The summed E-state index contributed by atoms with van der Waals surface area (Å²) in [6, 6.07) is 7.20. The van der Waals surface area contributed by atoms with Crippen molar-refractivity contribution in [1.82, 2.24) is 5.32 Å². The number of hydrogen-bond donors (Lipinski definition) is 1. The van der Waals surface area contributed by atoms with Crippen LogP contribution in [0.2, 0.25) is 0 Å². The molecule has 0 radical (unpaired) electrons. The van der Waals surface area contributed by atoms with Gasteiger partial charge in [-0.2, -0.15) is 0 Å². The van der Waals surface area contributed by atoms with Gasteiger partial charge in [-0.25, -0.2) is 4.79 Å². The predicted molar refractivity (Wildman–Crippen MR) is 78.4 cm³/mol. The second-order valence-electron chi connectivity index (χ2n) is 6.12. The monoisotopic (exact) mass is 277 g/mol. The molecule has 0 saturated heterocycles. The lowest BCUT2D eigenvalue weighted by Crippen LogP contribution is -2.48. The molecule has 1 unspecified atom stereocenters. The summed E-state index contributed by atoms with van der Waals surface area (Å²) in [5, 5.41) is 2.63. The van der Waals surface area contributed by atoms with E-state index < -0.39 is 12.1 Å². The molecule has 110 valence electrons. The van der Waals surface area contributed by atoms with Gasteiger partial charge in [-0.05, 0) is 24.8 Å². The number of carbonyl (C=O) groups is 2. The molecule has 0 aliphatic rings. The molecule has 0 spiro atoms. The molecule has 1 N–H and O–H groups in total. The number of nitrogens with one attached hydrogen (secondary N) is 1. The minimum Gasteiger partial charge on any atom is -0.445 e. The summed E-state index contributed by atoms with van der Waals surface area (Å²) in [6.45, 7) is 9.37. The van der Waals surface area contributed by atoms with Crippen LogP contribution in [0, 0.1) is 12.3 Å². The van der Waals surface area contributed by atoms with Crippen LogP contribution < -0.4 is 5.32 Å². The number of hydrogen-bond acceptors (Lipinski definition) is 3. The van der Waals surface area contributed by atoms with Crippen molar-refractivity contribution in [2.24, 2.45) is 5.41 Å². The first-order valence-electron chi connectivity index (χ1n) is 6.69. The lowest BCUT2D eigenvalue weighted by molar-refractivity contribution is -0.121. The number of amides is 1. The van der Waals surface area contributed by atoms with Crippen molar-refractivity contribution in [2.75, 3.05) is 0 Å². The highest BCUT2D eigenvalue weighted by Crippen LogP contribution is 2.20. The van der Waals surface area contributed by atoms with Crippen LogP contribution in [0.25, 0.3) is 0 Å². The van der Waals surface area contributed by atoms with E-state index in [1.165, 1.54) is 6.92 Å². The van der Waals surface area contributed by atoms with Gasteiger partial charge < -0.3 is 10.1 Å². The van der Waals surface area contributed by atoms with E-state index >= 15 is 0 Å². The molecular formula is C16H23NO3. The van der Waals surface area contributed by atoms with E-state index in [0.29, 0.717) is 0 Å². The van der Waals surface area contributed by atoms with Crippen LogP contribution in [0.15, 0.2) is 24.3 Å².